The van der Waals surface area contributed by atoms with Crippen LogP contribution >= 0.6 is 0 Å². The second kappa shape index (κ2) is 7.13. The van der Waals surface area contributed by atoms with Crippen molar-refractivity contribution in [1.82, 2.24) is 10.2 Å². The van der Waals surface area contributed by atoms with E-state index in [1.54, 1.807) is 4.90 Å². The summed E-state index contributed by atoms with van der Waals surface area (Å²) in [5.41, 5.74) is -0.421. The summed E-state index contributed by atoms with van der Waals surface area (Å²) in [6.45, 7) is 9.75. The van der Waals surface area contributed by atoms with E-state index in [9.17, 15) is 4.79 Å². The molecule has 0 saturated carbocycles. The highest BCUT2D eigenvalue weighted by atomic mass is 16.6. The van der Waals surface area contributed by atoms with Crippen LogP contribution in [-0.4, -0.2) is 42.8 Å². The van der Waals surface area contributed by atoms with Crippen molar-refractivity contribution in [1.29, 1.82) is 0 Å². The van der Waals surface area contributed by atoms with E-state index in [2.05, 4.69) is 12.2 Å². The summed E-state index contributed by atoms with van der Waals surface area (Å²) in [7, 11) is 1.82. The van der Waals surface area contributed by atoms with Crippen LogP contribution in [0.2, 0.25) is 0 Å². The van der Waals surface area contributed by atoms with Gasteiger partial charge in [-0.05, 0) is 46.1 Å². The predicted octanol–water partition coefficient (Wildman–Crippen LogP) is 3.02. The predicted molar refractivity (Wildman–Crippen MR) is 78.3 cm³/mol. The molecule has 0 aromatic heterocycles. The highest BCUT2D eigenvalue weighted by Gasteiger charge is 2.24. The van der Waals surface area contributed by atoms with Gasteiger partial charge >= 0.3 is 6.09 Å². The fourth-order valence-corrected chi connectivity index (χ4v) is 2.51. The Labute approximate surface area is 117 Å². The topological polar surface area (TPSA) is 41.6 Å². The Hall–Kier alpha value is -0.770. The molecule has 1 fully saturated rings. The summed E-state index contributed by atoms with van der Waals surface area (Å²) in [4.78, 5) is 13.6. The van der Waals surface area contributed by atoms with Gasteiger partial charge in [-0.3, -0.25) is 0 Å². The maximum absolute atomic E-state index is 11.9. The molecule has 0 radical (unpaired) electrons. The number of carbonyl (C=O) groups is 1. The highest BCUT2D eigenvalue weighted by Crippen LogP contribution is 2.17. The van der Waals surface area contributed by atoms with Crippen LogP contribution in [0.25, 0.3) is 0 Å². The van der Waals surface area contributed by atoms with Crippen molar-refractivity contribution in [3.05, 3.63) is 0 Å². The monoisotopic (exact) mass is 270 g/mol. The number of hydrogen-bond acceptors (Lipinski definition) is 3. The summed E-state index contributed by atoms with van der Waals surface area (Å²) >= 11 is 0. The largest absolute Gasteiger partial charge is 0.444 e. The Morgan fingerprint density at radius 3 is 2.68 bits per heavy atom. The van der Waals surface area contributed by atoms with Gasteiger partial charge in [0.05, 0.1) is 0 Å². The number of nitrogens with one attached hydrogen (secondary N) is 1. The molecule has 0 bridgehead atoms. The van der Waals surface area contributed by atoms with E-state index in [1.165, 1.54) is 25.7 Å². The van der Waals surface area contributed by atoms with Crippen LogP contribution in [0.1, 0.15) is 53.4 Å². The zero-order valence-electron chi connectivity index (χ0n) is 13.2. The second-order valence-corrected chi connectivity index (χ2v) is 6.75. The van der Waals surface area contributed by atoms with Gasteiger partial charge in [-0.2, -0.15) is 0 Å². The van der Waals surface area contributed by atoms with Crippen molar-refractivity contribution in [2.75, 3.05) is 20.1 Å². The van der Waals surface area contributed by atoms with E-state index in [0.29, 0.717) is 12.0 Å². The molecule has 4 nitrogen and oxygen atoms in total. The fraction of sp³-hybridized carbons (Fsp3) is 0.933. The summed E-state index contributed by atoms with van der Waals surface area (Å²) in [5, 5.41) is 3.60. The number of carbonyl (C=O) groups excluding carboxylic acids is 1. The van der Waals surface area contributed by atoms with Crippen molar-refractivity contribution >= 4 is 6.09 Å². The Balaban J connectivity index is 2.41. The van der Waals surface area contributed by atoms with Crippen LogP contribution in [0.5, 0.6) is 0 Å². The third-order valence-electron chi connectivity index (χ3n) is 3.55. The van der Waals surface area contributed by atoms with E-state index < -0.39 is 5.60 Å². The molecule has 1 rings (SSSR count). The summed E-state index contributed by atoms with van der Waals surface area (Å²) < 4.78 is 5.38. The summed E-state index contributed by atoms with van der Waals surface area (Å²) in [5.74, 6) is 0.454. The van der Waals surface area contributed by atoms with E-state index in [4.69, 9.17) is 4.74 Å². The number of hydrogen-bond donors (Lipinski definition) is 1. The zero-order chi connectivity index (χ0) is 14.5. The highest BCUT2D eigenvalue weighted by molar-refractivity contribution is 5.67. The number of nitrogens with zero attached hydrogens (tertiary/aromatic N) is 1. The fourth-order valence-electron chi connectivity index (χ4n) is 2.51. The van der Waals surface area contributed by atoms with Crippen molar-refractivity contribution in [2.45, 2.75) is 65.0 Å². The molecule has 0 spiro atoms. The average molecular weight is 270 g/mol. The van der Waals surface area contributed by atoms with Gasteiger partial charge in [0.1, 0.15) is 5.60 Å². The zero-order valence-corrected chi connectivity index (χ0v) is 13.2. The lowest BCUT2D eigenvalue weighted by Crippen LogP contribution is -2.42. The molecule has 0 aromatic carbocycles. The minimum Gasteiger partial charge on any atom is -0.444 e. The first-order valence-electron chi connectivity index (χ1n) is 7.47. The SMILES string of the molecule is CC(CN(C)C(=O)OC(C)(C)C)C1CCCCCN1. The van der Waals surface area contributed by atoms with Crippen LogP contribution in [0.15, 0.2) is 0 Å². The molecule has 1 saturated heterocycles. The van der Waals surface area contributed by atoms with Crippen molar-refractivity contribution in [3.8, 4) is 0 Å². The first kappa shape index (κ1) is 16.3. The van der Waals surface area contributed by atoms with Crippen LogP contribution < -0.4 is 5.32 Å². The molecule has 4 heteroatoms. The number of amides is 1. The quantitative estimate of drug-likeness (QED) is 0.857. The molecule has 1 aliphatic heterocycles. The standard InChI is InChI=1S/C15H30N2O2/c1-12(13-9-7-6-8-10-16-13)11-17(5)14(18)19-15(2,3)4/h12-13,16H,6-11H2,1-5H3. The lowest BCUT2D eigenvalue weighted by Gasteiger charge is -2.30. The third kappa shape index (κ3) is 6.28. The van der Waals surface area contributed by atoms with Crippen molar-refractivity contribution in [2.24, 2.45) is 5.92 Å². The van der Waals surface area contributed by atoms with Gasteiger partial charge in [0.25, 0.3) is 0 Å². The van der Waals surface area contributed by atoms with E-state index in [-0.39, 0.29) is 6.09 Å². The molecule has 1 amide bonds. The molecule has 0 aliphatic carbocycles. The molecule has 19 heavy (non-hydrogen) atoms. The van der Waals surface area contributed by atoms with Gasteiger partial charge in [0, 0.05) is 19.6 Å². The molecule has 2 unspecified atom stereocenters. The van der Waals surface area contributed by atoms with Gasteiger partial charge in [-0.15, -0.1) is 0 Å². The lowest BCUT2D eigenvalue weighted by molar-refractivity contribution is 0.0267. The van der Waals surface area contributed by atoms with E-state index in [1.807, 2.05) is 27.8 Å². The van der Waals surface area contributed by atoms with Gasteiger partial charge < -0.3 is 15.0 Å². The third-order valence-corrected chi connectivity index (χ3v) is 3.55. The Kier molecular flexibility index (Phi) is 6.11. The van der Waals surface area contributed by atoms with Gasteiger partial charge in [-0.25, -0.2) is 4.79 Å². The van der Waals surface area contributed by atoms with Crippen LogP contribution in [0.3, 0.4) is 0 Å². The maximum atomic E-state index is 11.9. The van der Waals surface area contributed by atoms with Crippen LogP contribution in [-0.2, 0) is 4.74 Å². The average Bonchev–Trinajstić information content (AvgIpc) is 2.54. The van der Waals surface area contributed by atoms with Crippen molar-refractivity contribution < 1.29 is 9.53 Å². The van der Waals surface area contributed by atoms with Crippen molar-refractivity contribution in [3.63, 3.8) is 0 Å². The molecule has 112 valence electrons. The molecule has 2 atom stereocenters. The summed E-state index contributed by atoms with van der Waals surface area (Å²) in [6.07, 6.45) is 4.86. The number of rotatable bonds is 3. The first-order valence-corrected chi connectivity index (χ1v) is 7.47. The van der Waals surface area contributed by atoms with E-state index in [0.717, 1.165) is 13.1 Å². The number of ether oxygens (including phenoxy) is 1. The van der Waals surface area contributed by atoms with Crippen LogP contribution in [0.4, 0.5) is 4.79 Å². The Morgan fingerprint density at radius 2 is 2.05 bits per heavy atom. The molecule has 0 aromatic rings. The Bertz CT molecular complexity index is 278. The maximum Gasteiger partial charge on any atom is 0.410 e. The van der Waals surface area contributed by atoms with Gasteiger partial charge in [0.2, 0.25) is 0 Å². The molecular weight excluding hydrogens is 240 g/mol. The lowest BCUT2D eigenvalue weighted by atomic mass is 9.97. The molecular formula is C15H30N2O2. The summed E-state index contributed by atoms with van der Waals surface area (Å²) in [6, 6.07) is 0.521. The normalized spacial score (nSPS) is 22.5. The minimum atomic E-state index is -0.421. The molecule has 1 aliphatic rings. The first-order chi connectivity index (χ1) is 8.79. The van der Waals surface area contributed by atoms with Gasteiger partial charge in [0.15, 0.2) is 0 Å². The smallest absolute Gasteiger partial charge is 0.410 e. The Morgan fingerprint density at radius 1 is 1.37 bits per heavy atom. The van der Waals surface area contributed by atoms with Gasteiger partial charge in [-0.1, -0.05) is 19.8 Å². The van der Waals surface area contributed by atoms with Crippen LogP contribution in [0, 0.1) is 5.92 Å². The molecule has 1 heterocycles. The second-order valence-electron chi connectivity index (χ2n) is 6.75. The molecule has 1 N–H and O–H groups in total. The van der Waals surface area contributed by atoms with E-state index >= 15 is 0 Å². The minimum absolute atomic E-state index is 0.229.